The average Bonchev–Trinajstić information content (AvgIpc) is 3.38. The molecule has 0 saturated heterocycles. The highest BCUT2D eigenvalue weighted by atomic mass is 16.5. The Morgan fingerprint density at radius 2 is 0.708 bits per heavy atom. The van der Waals surface area contributed by atoms with Crippen LogP contribution >= 0.6 is 0 Å². The highest BCUT2D eigenvalue weighted by Crippen LogP contribution is 2.18. The van der Waals surface area contributed by atoms with Crippen molar-refractivity contribution in [3.63, 3.8) is 0 Å². The Morgan fingerprint density at radius 3 is 1.11 bits per heavy atom. The van der Waals surface area contributed by atoms with E-state index in [4.69, 9.17) is 4.74 Å². The van der Waals surface area contributed by atoms with Crippen LogP contribution in [0.25, 0.3) is 0 Å². The first-order valence-corrected chi connectivity index (χ1v) is 32.2. The number of hydrogen-bond donors (Lipinski definition) is 3. The molecule has 0 spiro atoms. The van der Waals surface area contributed by atoms with Crippen LogP contribution in [0.2, 0.25) is 0 Å². The molecule has 2 unspecified atom stereocenters. The number of allylic oxidation sites excluding steroid dienone is 6. The van der Waals surface area contributed by atoms with E-state index in [0.717, 1.165) is 51.4 Å². The zero-order valence-electron chi connectivity index (χ0n) is 48.4. The summed E-state index contributed by atoms with van der Waals surface area (Å²) >= 11 is 0. The van der Waals surface area contributed by atoms with Crippen molar-refractivity contribution in [3.05, 3.63) is 36.5 Å². The highest BCUT2D eigenvalue weighted by Gasteiger charge is 2.20. The van der Waals surface area contributed by atoms with Gasteiger partial charge in [-0.2, -0.15) is 0 Å². The second-order valence-corrected chi connectivity index (χ2v) is 22.1. The molecule has 2 atom stereocenters. The third kappa shape index (κ3) is 57.4. The number of rotatable bonds is 60. The first kappa shape index (κ1) is 70.1. The fourth-order valence-electron chi connectivity index (χ4n) is 9.95. The third-order valence-corrected chi connectivity index (χ3v) is 14.9. The van der Waals surface area contributed by atoms with Crippen LogP contribution in [0.5, 0.6) is 0 Å². The van der Waals surface area contributed by atoms with E-state index < -0.39 is 12.1 Å². The summed E-state index contributed by atoms with van der Waals surface area (Å²) < 4.78 is 5.46. The Balaban J connectivity index is 3.37. The Hall–Kier alpha value is -1.92. The molecule has 0 aromatic heterocycles. The number of carbonyl (C=O) groups excluding carboxylic acids is 2. The van der Waals surface area contributed by atoms with Gasteiger partial charge in [0.1, 0.15) is 0 Å². The second-order valence-electron chi connectivity index (χ2n) is 22.1. The zero-order valence-corrected chi connectivity index (χ0v) is 48.4. The molecule has 0 aromatic carbocycles. The fraction of sp³-hybridized carbons (Fsp3) is 0.879. The lowest BCUT2D eigenvalue weighted by atomic mass is 10.0. The summed E-state index contributed by atoms with van der Waals surface area (Å²) in [5.41, 5.74) is 0. The van der Waals surface area contributed by atoms with Crippen LogP contribution < -0.4 is 5.32 Å². The van der Waals surface area contributed by atoms with Gasteiger partial charge < -0.3 is 20.3 Å². The number of ether oxygens (including phenoxy) is 1. The summed E-state index contributed by atoms with van der Waals surface area (Å²) in [5.74, 6) is -0.0301. The van der Waals surface area contributed by atoms with Crippen molar-refractivity contribution in [2.24, 2.45) is 0 Å². The standard InChI is InChI=1S/C66H125NO5/c1-3-5-7-9-11-13-38-42-46-50-54-58-64(69)63(62-68)67-65(70)59-55-51-47-43-40-36-34-32-30-28-26-24-22-20-18-16-15-17-19-21-23-25-27-29-31-33-35-37-41-45-49-53-57-61-72-66(71)60-56-52-48-44-39-14-12-10-8-6-4-2/h10,12,19,21,25,27,63-64,68-69H,3-9,11,13-18,20,22-24,26,28-62H2,1-2H3,(H,67,70)/b12-10-,21-19-,27-25-. The molecule has 6 heteroatoms. The zero-order chi connectivity index (χ0) is 52.2. The van der Waals surface area contributed by atoms with E-state index in [1.807, 2.05) is 0 Å². The summed E-state index contributed by atoms with van der Waals surface area (Å²) in [6.45, 7) is 4.91. The molecule has 0 aliphatic carbocycles. The van der Waals surface area contributed by atoms with Crippen LogP contribution in [0, 0.1) is 0 Å². The topological polar surface area (TPSA) is 95.9 Å². The summed E-state index contributed by atoms with van der Waals surface area (Å²) in [6.07, 6.45) is 77.6. The van der Waals surface area contributed by atoms with Crippen molar-refractivity contribution in [3.8, 4) is 0 Å². The number of amides is 1. The van der Waals surface area contributed by atoms with Gasteiger partial charge in [0.25, 0.3) is 0 Å². The number of aliphatic hydroxyl groups excluding tert-OH is 2. The number of nitrogens with one attached hydrogen (secondary N) is 1. The maximum absolute atomic E-state index is 12.4. The Kier molecular flexibility index (Phi) is 60.0. The third-order valence-electron chi connectivity index (χ3n) is 14.9. The molecule has 0 saturated carbocycles. The maximum atomic E-state index is 12.4. The molecule has 0 aliphatic heterocycles. The number of aliphatic hydroxyl groups is 2. The Labute approximate surface area is 449 Å². The molecule has 1 amide bonds. The van der Waals surface area contributed by atoms with Gasteiger partial charge in [0, 0.05) is 12.8 Å². The second kappa shape index (κ2) is 61.6. The molecular formula is C66H125NO5. The molecule has 0 rings (SSSR count). The highest BCUT2D eigenvalue weighted by molar-refractivity contribution is 5.76. The van der Waals surface area contributed by atoms with Crippen molar-refractivity contribution in [2.45, 2.75) is 360 Å². The molecule has 0 aliphatic rings. The molecule has 0 bridgehead atoms. The van der Waals surface area contributed by atoms with Gasteiger partial charge in [-0.15, -0.1) is 0 Å². The molecular weight excluding hydrogens is 887 g/mol. The van der Waals surface area contributed by atoms with E-state index in [9.17, 15) is 19.8 Å². The number of esters is 1. The molecule has 72 heavy (non-hydrogen) atoms. The van der Waals surface area contributed by atoms with Gasteiger partial charge in [0.2, 0.25) is 5.91 Å². The normalized spacial score (nSPS) is 12.8. The van der Waals surface area contributed by atoms with Crippen LogP contribution in [0.15, 0.2) is 36.5 Å². The molecule has 0 radical (unpaired) electrons. The summed E-state index contributed by atoms with van der Waals surface area (Å²) in [4.78, 5) is 24.4. The van der Waals surface area contributed by atoms with Crippen molar-refractivity contribution in [1.82, 2.24) is 5.32 Å². The van der Waals surface area contributed by atoms with E-state index >= 15 is 0 Å². The Bertz CT molecular complexity index is 1170. The summed E-state index contributed by atoms with van der Waals surface area (Å²) in [6, 6.07) is -0.538. The lowest BCUT2D eigenvalue weighted by Crippen LogP contribution is -2.45. The van der Waals surface area contributed by atoms with Gasteiger partial charge in [0.15, 0.2) is 0 Å². The van der Waals surface area contributed by atoms with Gasteiger partial charge in [-0.25, -0.2) is 0 Å². The van der Waals surface area contributed by atoms with Crippen molar-refractivity contribution in [2.75, 3.05) is 13.2 Å². The van der Waals surface area contributed by atoms with Gasteiger partial charge in [-0.1, -0.05) is 294 Å². The van der Waals surface area contributed by atoms with Gasteiger partial charge in [-0.3, -0.25) is 9.59 Å². The van der Waals surface area contributed by atoms with E-state index in [1.165, 1.54) is 263 Å². The fourth-order valence-corrected chi connectivity index (χ4v) is 9.95. The van der Waals surface area contributed by atoms with Crippen LogP contribution in [0.4, 0.5) is 0 Å². The molecule has 0 fully saturated rings. The molecule has 424 valence electrons. The van der Waals surface area contributed by atoms with Crippen LogP contribution in [0.1, 0.15) is 348 Å². The summed E-state index contributed by atoms with van der Waals surface area (Å²) in [7, 11) is 0. The van der Waals surface area contributed by atoms with E-state index in [0.29, 0.717) is 25.9 Å². The smallest absolute Gasteiger partial charge is 0.305 e. The minimum absolute atomic E-state index is 0.00293. The molecule has 6 nitrogen and oxygen atoms in total. The quantitative estimate of drug-likeness (QED) is 0.0320. The predicted octanol–water partition coefficient (Wildman–Crippen LogP) is 20.4. The Morgan fingerprint density at radius 1 is 0.389 bits per heavy atom. The van der Waals surface area contributed by atoms with E-state index in [1.54, 1.807) is 0 Å². The van der Waals surface area contributed by atoms with Crippen LogP contribution in [-0.2, 0) is 14.3 Å². The first-order chi connectivity index (χ1) is 35.5. The van der Waals surface area contributed by atoms with Gasteiger partial charge in [0.05, 0.1) is 25.4 Å². The van der Waals surface area contributed by atoms with Gasteiger partial charge in [-0.05, 0) is 77.0 Å². The predicted molar refractivity (Wildman–Crippen MR) is 315 cm³/mol. The number of carbonyl (C=O) groups is 2. The minimum atomic E-state index is -0.661. The first-order valence-electron chi connectivity index (χ1n) is 32.2. The number of unbranched alkanes of at least 4 members (excludes halogenated alkanes) is 43. The molecule has 0 heterocycles. The molecule has 0 aromatic rings. The lowest BCUT2D eigenvalue weighted by Gasteiger charge is -2.22. The van der Waals surface area contributed by atoms with E-state index in [2.05, 4.69) is 55.6 Å². The SMILES string of the molecule is CCCC/C=C\CCCCCCCC(=O)OCCCCCCCCCCC/C=C\C/C=C\CCCCCCCCCCCCCCCCCCCC(=O)NC(CO)C(O)CCCCCCCCCCCCC. The number of hydrogen-bond acceptors (Lipinski definition) is 5. The van der Waals surface area contributed by atoms with Crippen molar-refractivity contribution < 1.29 is 24.5 Å². The molecule has 3 N–H and O–H groups in total. The van der Waals surface area contributed by atoms with Crippen molar-refractivity contribution in [1.29, 1.82) is 0 Å². The minimum Gasteiger partial charge on any atom is -0.466 e. The summed E-state index contributed by atoms with van der Waals surface area (Å²) in [5, 5.41) is 23.2. The largest absolute Gasteiger partial charge is 0.466 e. The maximum Gasteiger partial charge on any atom is 0.305 e. The lowest BCUT2D eigenvalue weighted by molar-refractivity contribution is -0.143. The van der Waals surface area contributed by atoms with Crippen LogP contribution in [-0.4, -0.2) is 47.4 Å². The monoisotopic (exact) mass is 1010 g/mol. The van der Waals surface area contributed by atoms with E-state index in [-0.39, 0.29) is 18.5 Å². The van der Waals surface area contributed by atoms with Crippen molar-refractivity contribution >= 4 is 11.9 Å². The van der Waals surface area contributed by atoms with Gasteiger partial charge >= 0.3 is 5.97 Å². The van der Waals surface area contributed by atoms with Crippen LogP contribution in [0.3, 0.4) is 0 Å². The average molecular weight is 1010 g/mol.